The molecule has 28 heavy (non-hydrogen) atoms. The molecule has 3 N–H and O–H groups in total. The van der Waals surface area contributed by atoms with E-state index in [9.17, 15) is 9.59 Å². The lowest BCUT2D eigenvalue weighted by atomic mass is 10.2. The molecule has 0 atom stereocenters. The van der Waals surface area contributed by atoms with E-state index >= 15 is 0 Å². The molecule has 7 nitrogen and oxygen atoms in total. The molecule has 3 aromatic rings. The van der Waals surface area contributed by atoms with E-state index < -0.39 is 0 Å². The molecule has 8 heteroatoms. The number of rotatable bonds is 5. The van der Waals surface area contributed by atoms with Crippen LogP contribution in [0.3, 0.4) is 0 Å². The maximum absolute atomic E-state index is 12.2. The molecule has 0 aliphatic carbocycles. The Kier molecular flexibility index (Phi) is 6.03. The van der Waals surface area contributed by atoms with Crippen molar-refractivity contribution in [3.63, 3.8) is 0 Å². The van der Waals surface area contributed by atoms with Gasteiger partial charge in [0, 0.05) is 16.9 Å². The zero-order valence-electron chi connectivity index (χ0n) is 14.9. The van der Waals surface area contributed by atoms with E-state index in [0.717, 1.165) is 0 Å². The van der Waals surface area contributed by atoms with Gasteiger partial charge < -0.3 is 19.8 Å². The van der Waals surface area contributed by atoms with Crippen LogP contribution >= 0.6 is 12.2 Å². The SMILES string of the molecule is COc1ccc(C(=O)NC(=S)Nc2cccc(NC(=O)c3ccco3)c2)cc1. The van der Waals surface area contributed by atoms with Gasteiger partial charge in [-0.05, 0) is 66.8 Å². The number of benzene rings is 2. The number of carbonyl (C=O) groups is 2. The maximum Gasteiger partial charge on any atom is 0.291 e. The van der Waals surface area contributed by atoms with Gasteiger partial charge in [0.05, 0.1) is 13.4 Å². The van der Waals surface area contributed by atoms with Crippen LogP contribution in [0.2, 0.25) is 0 Å². The van der Waals surface area contributed by atoms with E-state index in [4.69, 9.17) is 21.4 Å². The molecular weight excluding hydrogens is 378 g/mol. The van der Waals surface area contributed by atoms with E-state index in [0.29, 0.717) is 22.7 Å². The molecule has 0 saturated heterocycles. The van der Waals surface area contributed by atoms with Crippen LogP contribution in [-0.4, -0.2) is 24.0 Å². The molecule has 0 unspecified atom stereocenters. The molecule has 0 radical (unpaired) electrons. The molecule has 1 aromatic heterocycles. The molecule has 142 valence electrons. The van der Waals surface area contributed by atoms with Crippen molar-refractivity contribution in [3.8, 4) is 5.75 Å². The Hall–Kier alpha value is -3.65. The highest BCUT2D eigenvalue weighted by atomic mass is 32.1. The van der Waals surface area contributed by atoms with Crippen molar-refractivity contribution in [1.82, 2.24) is 5.32 Å². The highest BCUT2D eigenvalue weighted by Gasteiger charge is 2.10. The summed E-state index contributed by atoms with van der Waals surface area (Å²) in [6, 6.07) is 16.8. The van der Waals surface area contributed by atoms with Crippen molar-refractivity contribution in [2.45, 2.75) is 0 Å². The van der Waals surface area contributed by atoms with Gasteiger partial charge in [-0.15, -0.1) is 0 Å². The molecule has 2 aromatic carbocycles. The second-order valence-electron chi connectivity index (χ2n) is 5.65. The topological polar surface area (TPSA) is 92.6 Å². The van der Waals surface area contributed by atoms with Gasteiger partial charge in [0.15, 0.2) is 10.9 Å². The molecule has 0 spiro atoms. The fraction of sp³-hybridized carbons (Fsp3) is 0.0500. The fourth-order valence-electron chi connectivity index (χ4n) is 2.36. The first-order chi connectivity index (χ1) is 13.5. The lowest BCUT2D eigenvalue weighted by Crippen LogP contribution is -2.34. The Morgan fingerprint density at radius 2 is 1.64 bits per heavy atom. The van der Waals surface area contributed by atoms with Gasteiger partial charge in [0.1, 0.15) is 5.75 Å². The smallest absolute Gasteiger partial charge is 0.291 e. The molecular formula is C20H17N3O4S. The largest absolute Gasteiger partial charge is 0.497 e. The summed E-state index contributed by atoms with van der Waals surface area (Å²) >= 11 is 5.19. The monoisotopic (exact) mass is 395 g/mol. The number of hydrogen-bond donors (Lipinski definition) is 3. The normalized spacial score (nSPS) is 10.0. The molecule has 0 bridgehead atoms. The molecule has 0 fully saturated rings. The van der Waals surface area contributed by atoms with Crippen LogP contribution in [0.15, 0.2) is 71.3 Å². The number of methoxy groups -OCH3 is 1. The third-order valence-corrected chi connectivity index (χ3v) is 3.91. The third-order valence-electron chi connectivity index (χ3n) is 3.70. The molecule has 3 rings (SSSR count). The average molecular weight is 395 g/mol. The van der Waals surface area contributed by atoms with Crippen molar-refractivity contribution >= 4 is 40.5 Å². The molecule has 0 aliphatic rings. The highest BCUT2D eigenvalue weighted by Crippen LogP contribution is 2.16. The number of anilines is 2. The average Bonchev–Trinajstić information content (AvgIpc) is 3.23. The summed E-state index contributed by atoms with van der Waals surface area (Å²) in [7, 11) is 1.55. The number of hydrogen-bond acceptors (Lipinski definition) is 5. The van der Waals surface area contributed by atoms with Crippen molar-refractivity contribution in [1.29, 1.82) is 0 Å². The molecule has 2 amide bonds. The number of amides is 2. The van der Waals surface area contributed by atoms with Gasteiger partial charge in [-0.25, -0.2) is 0 Å². The minimum absolute atomic E-state index is 0.135. The Morgan fingerprint density at radius 3 is 2.29 bits per heavy atom. The summed E-state index contributed by atoms with van der Waals surface area (Å²) in [5.74, 6) is 0.159. The minimum Gasteiger partial charge on any atom is -0.497 e. The van der Waals surface area contributed by atoms with Gasteiger partial charge in [0.2, 0.25) is 0 Å². The van der Waals surface area contributed by atoms with Crippen LogP contribution in [0.25, 0.3) is 0 Å². The first kappa shape index (κ1) is 19.1. The number of furan rings is 1. The summed E-state index contributed by atoms with van der Waals surface area (Å²) < 4.78 is 10.1. The Balaban J connectivity index is 1.59. The second-order valence-corrected chi connectivity index (χ2v) is 6.06. The van der Waals surface area contributed by atoms with Crippen LogP contribution in [-0.2, 0) is 0 Å². The number of ether oxygens (including phenoxy) is 1. The fourth-order valence-corrected chi connectivity index (χ4v) is 2.57. The van der Waals surface area contributed by atoms with E-state index in [1.807, 2.05) is 0 Å². The van der Waals surface area contributed by atoms with Crippen molar-refractivity contribution in [3.05, 3.63) is 78.3 Å². The summed E-state index contributed by atoms with van der Waals surface area (Å²) in [5, 5.41) is 8.37. The zero-order valence-corrected chi connectivity index (χ0v) is 15.7. The summed E-state index contributed by atoms with van der Waals surface area (Å²) in [6.07, 6.45) is 1.43. The zero-order chi connectivity index (χ0) is 19.9. The lowest BCUT2D eigenvalue weighted by molar-refractivity contribution is 0.0975. The van der Waals surface area contributed by atoms with Crippen LogP contribution in [0.4, 0.5) is 11.4 Å². The standard InChI is InChI=1S/C20H17N3O4S/c1-26-16-9-7-13(8-10-16)18(24)23-20(28)22-15-5-2-4-14(12-15)21-19(25)17-6-3-11-27-17/h2-12H,1H3,(H,21,25)(H2,22,23,24,28). The van der Waals surface area contributed by atoms with Gasteiger partial charge in [-0.2, -0.15) is 0 Å². The predicted octanol–water partition coefficient (Wildman–Crippen LogP) is 3.67. The highest BCUT2D eigenvalue weighted by molar-refractivity contribution is 7.80. The lowest BCUT2D eigenvalue weighted by Gasteiger charge is -2.11. The quantitative estimate of drug-likeness (QED) is 0.571. The molecule has 1 heterocycles. The van der Waals surface area contributed by atoms with E-state index in [1.165, 1.54) is 6.26 Å². The Labute approximate surface area is 166 Å². The summed E-state index contributed by atoms with van der Waals surface area (Å²) in [4.78, 5) is 24.3. The van der Waals surface area contributed by atoms with E-state index in [2.05, 4.69) is 16.0 Å². The van der Waals surface area contributed by atoms with Crippen molar-refractivity contribution < 1.29 is 18.7 Å². The molecule has 0 saturated carbocycles. The van der Waals surface area contributed by atoms with E-state index in [1.54, 1.807) is 67.8 Å². The summed E-state index contributed by atoms with van der Waals surface area (Å²) in [5.41, 5.74) is 1.61. The van der Waals surface area contributed by atoms with Gasteiger partial charge in [-0.3, -0.25) is 14.9 Å². The maximum atomic E-state index is 12.2. The summed E-state index contributed by atoms with van der Waals surface area (Å²) in [6.45, 7) is 0. The van der Waals surface area contributed by atoms with Crippen LogP contribution in [0.5, 0.6) is 5.75 Å². The Bertz CT molecular complexity index is 985. The first-order valence-corrected chi connectivity index (χ1v) is 8.67. The Morgan fingerprint density at radius 1 is 0.929 bits per heavy atom. The molecule has 0 aliphatic heterocycles. The number of nitrogens with one attached hydrogen (secondary N) is 3. The van der Waals surface area contributed by atoms with Gasteiger partial charge in [-0.1, -0.05) is 6.07 Å². The number of carbonyl (C=O) groups excluding carboxylic acids is 2. The minimum atomic E-state index is -0.363. The third kappa shape index (κ3) is 4.95. The van der Waals surface area contributed by atoms with Gasteiger partial charge >= 0.3 is 0 Å². The van der Waals surface area contributed by atoms with Gasteiger partial charge in [0.25, 0.3) is 11.8 Å². The van der Waals surface area contributed by atoms with Crippen LogP contribution < -0.4 is 20.7 Å². The number of thiocarbonyl (C=S) groups is 1. The van der Waals surface area contributed by atoms with E-state index in [-0.39, 0.29) is 22.7 Å². The van der Waals surface area contributed by atoms with Crippen molar-refractivity contribution in [2.75, 3.05) is 17.7 Å². The van der Waals surface area contributed by atoms with Crippen LogP contribution in [0.1, 0.15) is 20.9 Å². The predicted molar refractivity (Wildman–Crippen MR) is 110 cm³/mol. The first-order valence-electron chi connectivity index (χ1n) is 8.26. The van der Waals surface area contributed by atoms with Crippen LogP contribution in [0, 0.1) is 0 Å². The van der Waals surface area contributed by atoms with Crippen molar-refractivity contribution in [2.24, 2.45) is 0 Å². The second kappa shape index (κ2) is 8.83.